The maximum absolute atomic E-state index is 12.1. The van der Waals surface area contributed by atoms with Crippen LogP contribution in [-0.2, 0) is 34.2 Å². The van der Waals surface area contributed by atoms with E-state index in [2.05, 4.69) is 0 Å². The summed E-state index contributed by atoms with van der Waals surface area (Å²) in [5.74, 6) is 1.16. The van der Waals surface area contributed by atoms with Crippen LogP contribution in [0.3, 0.4) is 0 Å². The number of pyridine rings is 4. The molecule has 11 nitrogen and oxygen atoms in total. The third-order valence-electron chi connectivity index (χ3n) is 8.65. The Kier molecular flexibility index (Phi) is 5.70. The smallest absolute Gasteiger partial charge is 0.254 e. The van der Waals surface area contributed by atoms with E-state index in [0.29, 0.717) is 28.1 Å². The van der Waals surface area contributed by atoms with E-state index in [1.807, 2.05) is 32.9 Å². The summed E-state index contributed by atoms with van der Waals surface area (Å²) in [6.07, 6.45) is 0. The first-order chi connectivity index (χ1) is 20.5. The molecule has 11 heteroatoms. The Hall–Kier alpha value is -5.16. The predicted octanol–water partition coefficient (Wildman–Crippen LogP) is 2.82. The van der Waals surface area contributed by atoms with Crippen LogP contribution >= 0.6 is 0 Å². The molecule has 0 aliphatic carbocycles. The monoisotopic (exact) mass is 580 g/mol. The zero-order chi connectivity index (χ0) is 30.5. The molecule has 6 aromatic rings. The highest BCUT2D eigenvalue weighted by Gasteiger charge is 2.25. The molecule has 0 radical (unpaired) electrons. The van der Waals surface area contributed by atoms with Gasteiger partial charge >= 0.3 is 0 Å². The van der Waals surface area contributed by atoms with Crippen molar-refractivity contribution >= 4 is 43.6 Å². The molecule has 0 amide bonds. The SMILES string of the molecule is Cc1cc(=O)n(C)c2c3c4c(cc12)c(C)cc(=O)n4CO3.Cc1cc(=O)n2c3c(c4c(cc13)c(CO)cc(=O)n4C)OC2. The molecule has 0 saturated carbocycles. The van der Waals surface area contributed by atoms with Gasteiger partial charge in [-0.25, -0.2) is 0 Å². The average Bonchev–Trinajstić information content (AvgIpc) is 3.62. The van der Waals surface area contributed by atoms with Crippen LogP contribution < -0.4 is 31.7 Å². The molecule has 4 aromatic heterocycles. The van der Waals surface area contributed by atoms with Gasteiger partial charge in [-0.2, -0.15) is 0 Å². The molecule has 0 spiro atoms. The fourth-order valence-corrected chi connectivity index (χ4v) is 6.35. The Balaban J connectivity index is 0.000000140. The van der Waals surface area contributed by atoms with Gasteiger partial charge < -0.3 is 23.7 Å². The minimum atomic E-state index is -0.226. The number of aliphatic hydroxyl groups is 1. The van der Waals surface area contributed by atoms with Crippen LogP contribution in [0.2, 0.25) is 0 Å². The minimum absolute atomic E-state index is 0.0734. The second-order valence-electron chi connectivity index (χ2n) is 11.2. The van der Waals surface area contributed by atoms with E-state index >= 15 is 0 Å². The van der Waals surface area contributed by atoms with Gasteiger partial charge in [0.1, 0.15) is 0 Å². The van der Waals surface area contributed by atoms with Gasteiger partial charge in [0.2, 0.25) is 0 Å². The molecule has 2 aromatic carbocycles. The molecule has 0 bridgehead atoms. The number of benzene rings is 2. The van der Waals surface area contributed by atoms with E-state index in [1.54, 1.807) is 46.0 Å². The number of hydrogen-bond acceptors (Lipinski definition) is 7. The van der Waals surface area contributed by atoms with Crippen molar-refractivity contribution in [3.63, 3.8) is 0 Å². The van der Waals surface area contributed by atoms with E-state index in [0.717, 1.165) is 49.3 Å². The van der Waals surface area contributed by atoms with Gasteiger partial charge in [0.15, 0.2) is 25.0 Å². The summed E-state index contributed by atoms with van der Waals surface area (Å²) in [6.45, 7) is 5.83. The normalized spacial score (nSPS) is 13.1. The van der Waals surface area contributed by atoms with Crippen molar-refractivity contribution in [1.82, 2.24) is 18.3 Å². The summed E-state index contributed by atoms with van der Waals surface area (Å²) in [7, 11) is 3.39. The summed E-state index contributed by atoms with van der Waals surface area (Å²) in [5, 5.41) is 13.2. The standard InChI is InChI=1S/C16H14N2O4.C16H14N2O3/c1-8-3-13(21)18-7-22-16-14-11(5-10(8)15(16)18)9(6-19)4-12(20)17(14)2;1-8-4-12(19)17(3)14-10(8)6-11-9(2)5-13(20)18-7-21-16(14)15(11)18/h3-5,19H,6-7H2,1-2H3;4-6H,7H2,1-3H3. The largest absolute Gasteiger partial charge is 0.468 e. The zero-order valence-electron chi connectivity index (χ0n) is 24.3. The summed E-state index contributed by atoms with van der Waals surface area (Å²) in [6, 6.07) is 10.2. The van der Waals surface area contributed by atoms with Crippen molar-refractivity contribution in [1.29, 1.82) is 0 Å². The van der Waals surface area contributed by atoms with Gasteiger partial charge in [-0.3, -0.25) is 28.3 Å². The Morgan fingerprint density at radius 1 is 0.581 bits per heavy atom. The lowest BCUT2D eigenvalue weighted by atomic mass is 10.0. The third kappa shape index (κ3) is 3.64. The highest BCUT2D eigenvalue weighted by molar-refractivity contribution is 6.06. The number of rotatable bonds is 1. The number of hydrogen-bond donors (Lipinski definition) is 1. The van der Waals surface area contributed by atoms with Gasteiger partial charge in [0.25, 0.3) is 22.2 Å². The van der Waals surface area contributed by atoms with Crippen molar-refractivity contribution in [2.45, 2.75) is 40.8 Å². The van der Waals surface area contributed by atoms with E-state index in [9.17, 15) is 24.3 Å². The minimum Gasteiger partial charge on any atom is -0.468 e. The first kappa shape index (κ1) is 26.7. The van der Waals surface area contributed by atoms with Gasteiger partial charge in [-0.05, 0) is 55.2 Å². The van der Waals surface area contributed by atoms with Crippen molar-refractivity contribution in [3.8, 4) is 11.5 Å². The molecule has 6 heterocycles. The highest BCUT2D eigenvalue weighted by atomic mass is 16.5. The molecular formula is C32H28N4O7. The Morgan fingerprint density at radius 3 is 1.47 bits per heavy atom. The quantitative estimate of drug-likeness (QED) is 0.297. The molecular weight excluding hydrogens is 552 g/mol. The molecule has 2 aliphatic rings. The van der Waals surface area contributed by atoms with Crippen LogP contribution in [0.25, 0.3) is 43.6 Å². The molecule has 1 N–H and O–H groups in total. The van der Waals surface area contributed by atoms with E-state index < -0.39 is 0 Å². The fraction of sp³-hybridized carbons (Fsp3) is 0.250. The number of nitrogens with zero attached hydrogens (tertiary/aromatic N) is 4. The van der Waals surface area contributed by atoms with Crippen molar-refractivity contribution in [3.05, 3.63) is 100 Å². The molecule has 218 valence electrons. The number of aryl methyl sites for hydroxylation is 5. The molecule has 8 rings (SSSR count). The average molecular weight is 581 g/mol. The van der Waals surface area contributed by atoms with Crippen LogP contribution in [0, 0.1) is 20.8 Å². The number of aliphatic hydroxyl groups excluding tert-OH is 1. The predicted molar refractivity (Wildman–Crippen MR) is 163 cm³/mol. The fourth-order valence-electron chi connectivity index (χ4n) is 6.35. The molecule has 0 fully saturated rings. The molecule has 2 aliphatic heterocycles. The Labute approximate surface area is 243 Å². The van der Waals surface area contributed by atoms with Crippen LogP contribution in [0.5, 0.6) is 11.5 Å². The lowest BCUT2D eigenvalue weighted by molar-refractivity contribution is 0.268. The molecule has 0 saturated heterocycles. The third-order valence-corrected chi connectivity index (χ3v) is 8.65. The van der Waals surface area contributed by atoms with Gasteiger partial charge in [-0.1, -0.05) is 0 Å². The van der Waals surface area contributed by atoms with Crippen LogP contribution in [-0.4, -0.2) is 23.4 Å². The summed E-state index contributed by atoms with van der Waals surface area (Å²) in [4.78, 5) is 48.3. The number of aromatic nitrogens is 4. The van der Waals surface area contributed by atoms with Gasteiger partial charge in [0, 0.05) is 59.9 Å². The lowest BCUT2D eigenvalue weighted by Gasteiger charge is -2.13. The summed E-state index contributed by atoms with van der Waals surface area (Å²) >= 11 is 0. The van der Waals surface area contributed by atoms with Crippen molar-refractivity contribution in [2.24, 2.45) is 14.1 Å². The van der Waals surface area contributed by atoms with Crippen LogP contribution in [0.15, 0.2) is 55.6 Å². The molecule has 43 heavy (non-hydrogen) atoms. The van der Waals surface area contributed by atoms with Gasteiger partial charge in [-0.15, -0.1) is 0 Å². The summed E-state index contributed by atoms with van der Waals surface area (Å²) in [5.41, 5.74) is 5.62. The van der Waals surface area contributed by atoms with Gasteiger partial charge in [0.05, 0.1) is 28.7 Å². The maximum Gasteiger partial charge on any atom is 0.254 e. The first-order valence-electron chi connectivity index (χ1n) is 13.8. The number of fused-ring (bicyclic) bond motifs is 4. The number of ether oxygens (including phenoxy) is 2. The Bertz CT molecular complexity index is 2480. The highest BCUT2D eigenvalue weighted by Crippen LogP contribution is 2.40. The summed E-state index contributed by atoms with van der Waals surface area (Å²) < 4.78 is 17.7. The maximum atomic E-state index is 12.1. The lowest BCUT2D eigenvalue weighted by Crippen LogP contribution is -2.18. The molecule has 0 atom stereocenters. The second-order valence-corrected chi connectivity index (χ2v) is 11.2. The van der Waals surface area contributed by atoms with Crippen LogP contribution in [0.4, 0.5) is 0 Å². The zero-order valence-corrected chi connectivity index (χ0v) is 24.3. The molecule has 0 unspecified atom stereocenters. The second kappa shape index (κ2) is 9.17. The topological polar surface area (TPSA) is 127 Å². The van der Waals surface area contributed by atoms with E-state index in [4.69, 9.17) is 9.47 Å². The van der Waals surface area contributed by atoms with E-state index in [-0.39, 0.29) is 42.3 Å². The Morgan fingerprint density at radius 2 is 0.977 bits per heavy atom. The van der Waals surface area contributed by atoms with Crippen molar-refractivity contribution < 1.29 is 14.6 Å². The van der Waals surface area contributed by atoms with Crippen LogP contribution in [0.1, 0.15) is 22.3 Å². The first-order valence-corrected chi connectivity index (χ1v) is 13.8. The van der Waals surface area contributed by atoms with E-state index in [1.165, 1.54) is 10.6 Å². The van der Waals surface area contributed by atoms with Crippen molar-refractivity contribution in [2.75, 3.05) is 0 Å².